The number of rotatable bonds is 17. The predicted octanol–water partition coefficient (Wildman–Crippen LogP) is 33.4. The third kappa shape index (κ3) is 30.0. The molecule has 21 heteroatoms. The van der Waals surface area contributed by atoms with E-state index in [9.17, 15) is 5.48 Å². The van der Waals surface area contributed by atoms with Crippen molar-refractivity contribution >= 4 is 41.7 Å². The van der Waals surface area contributed by atoms with E-state index in [0.29, 0.717) is 22.8 Å². The van der Waals surface area contributed by atoms with Crippen molar-refractivity contribution in [3.8, 4) is 85.4 Å². The molecule has 0 amide bonds. The predicted molar refractivity (Wildman–Crippen MR) is 581 cm³/mol. The van der Waals surface area contributed by atoms with E-state index in [1.807, 2.05) is 0 Å². The fourth-order valence-corrected chi connectivity index (χ4v) is 13.9. The smallest absolute Gasteiger partial charge is 0.112 e. The van der Waals surface area contributed by atoms with Gasteiger partial charge in [0, 0.05) is 261 Å². The zero-order valence-electron chi connectivity index (χ0n) is 160. The van der Waals surface area contributed by atoms with E-state index in [1.54, 1.807) is 61.2 Å². The number of aromatic nitrogens is 10. The van der Waals surface area contributed by atoms with Crippen molar-refractivity contribution in [3.63, 3.8) is 0 Å². The van der Waals surface area contributed by atoms with Crippen molar-refractivity contribution in [2.75, 3.05) is 0 Å². The van der Waals surface area contributed by atoms with Crippen LogP contribution in [0.4, 0.5) is 28.4 Å². The van der Waals surface area contributed by atoms with Gasteiger partial charge in [-0.3, -0.25) is 49.1 Å². The van der Waals surface area contributed by atoms with Gasteiger partial charge >= 0.3 is 0 Å². The van der Waals surface area contributed by atoms with Crippen LogP contribution in [0.15, 0.2) is 207 Å². The molecule has 15 nitrogen and oxygen atoms in total. The monoisotopic (exact) mass is 2900 g/mol. The van der Waals surface area contributed by atoms with Crippen molar-refractivity contribution in [3.05, 3.63) is 378 Å². The third-order valence-electron chi connectivity index (χ3n) is 19.2. The van der Waals surface area contributed by atoms with Gasteiger partial charge < -0.3 is 22.8 Å². The Morgan fingerprint density at radius 2 is 0.625 bits per heavy atom. The van der Waals surface area contributed by atoms with Gasteiger partial charge in [-0.2, -0.15) is 30.2 Å². The summed E-state index contributed by atoms with van der Waals surface area (Å²) in [5.41, 5.74) is -29.0. The summed E-state index contributed by atoms with van der Waals surface area (Å²) in [5, 5.41) is -0.00664. The normalized spacial score (nSPS) is 22.2. The maximum absolute atomic E-state index is 9.22. The van der Waals surface area contributed by atoms with Crippen LogP contribution in [0, 0.1) is 115 Å². The molecule has 15 aromatic rings. The summed E-state index contributed by atoms with van der Waals surface area (Å²) < 4.78 is 672. The minimum Gasteiger partial charge on any atom is -0.340 e. The van der Waals surface area contributed by atoms with Crippen molar-refractivity contribution in [1.82, 2.24) is 47.8 Å². The van der Waals surface area contributed by atoms with Crippen LogP contribution in [-0.4, -0.2) is 55.8 Å². The van der Waals surface area contributed by atoms with Crippen molar-refractivity contribution < 1.29 is 210 Å². The summed E-state index contributed by atoms with van der Waals surface area (Å²) in [6.45, 7) is 17.1. The van der Waals surface area contributed by atoms with Gasteiger partial charge in [0.25, 0.3) is 0 Å². The van der Waals surface area contributed by atoms with Gasteiger partial charge in [0.05, 0.1) is 97.5 Å². The first-order valence-electron chi connectivity index (χ1n) is 81.2. The van der Waals surface area contributed by atoms with Crippen LogP contribution < -0.4 is 5.19 Å². The van der Waals surface area contributed by atoms with Crippen LogP contribution in [0.5, 0.6) is 0 Å². The molecule has 0 aliphatic carbocycles. The SMILES string of the molecule is [2H]c1[c-]c(-c2nc([2H])c([2H])n2-c2c(C([2H])(C)C([2H])([2H])[2H])c([2H])c(C(C)(C)C)c([2H])c2C([2H])(C)C([2H])([2H])[2H])c([2H])c([N+]#[C-])c1[2H].[2H]c1[c-]c(-c2nc([2H])c([2H])n2-c2c(C([2H])(C)C([2H])([2H])[2H])c([2H])c(CC(C)(C)C([2H])([2H])[2H])c([2H])c2C([2H])(C)C([2H])([2H])[2H])c([2H])c([N+]#[C-])c1[2H].[2H]c1[c-]c(-c2nc([2H])c([2H])n2-c2c(C([2H])([2H])[2H])c([2H])c(C(C)(C)C)c([2H])c2C([2H])([2H])[2H])c([2H])c([N+]#[C-])c1C(C)(C([2H])([2H])[2H])C([2H])([2H])[2H].[2H]c1[c-]c(-c2nc([2H])c([2H])n2-c2c(C([2H])([2H])[2H])c([2H])c(CC(C)(C)C([2H])([2H])[2H])c([2H])c2C([2H])([2H])[2H])c([2H])c([N+]#[C-])c1[2H].[2H]c1[c-]c(-c2nc([2H])c([2H])n2-c2c(C([2H])([2H])[2H])c([2H])c([Si](C)(C)C)c([2H])c2C([2H])([2H])[2H])c([2H])c([N+]#[C-])c1[2H].[Ir].[Ir].[Ir].[Ir].[Ir]. The van der Waals surface area contributed by atoms with Crippen LogP contribution >= 0.6 is 0 Å². The van der Waals surface area contributed by atoms with Gasteiger partial charge in [0.2, 0.25) is 0 Å². The first-order valence-corrected chi connectivity index (χ1v) is 44.7. The molecule has 0 fully saturated rings. The molecule has 15 rings (SSSR count). The van der Waals surface area contributed by atoms with Crippen molar-refractivity contribution in [2.45, 2.75) is 272 Å². The maximum Gasteiger partial charge on any atom is 0.112 e. The molecule has 0 aliphatic heterocycles. The summed E-state index contributed by atoms with van der Waals surface area (Å²) in [4.78, 5) is 35.2. The second kappa shape index (κ2) is 51.0. The first-order chi connectivity index (χ1) is 97.9. The standard InChI is InChI=1S/C27H32N3.2C26H30N3.C23H24N3.C21H22N3Si.5Ir/c1-18(2)23-14-20(17-27(5,6)7)15-24(19(3)4)25(23)30-13-12-29-26(30)21-10-9-11-22(16-21)28-8;1-17-14-20(25(3,4)5)15-18(2)23(17)29-13-12-28-24(29)19-10-11-21(26(6,7)8)22(16-19)27-9;1-17(2)22-15-20(26(5,6)7)16-23(18(3)4)24(22)29-13-12-28-25(29)19-10-9-11-21(14-19)27-8;1-16-12-18(15-23(3,4)5)13-17(2)21(16)26-11-10-25-22(26)19-8-7-9-20(14-19)24-6;1-15-12-19(25(4,5)6)13-16(2)20(15)24-11-10-23-21(24)17-8-7-9-18(14-17)22-3;;;;;/h9,11-16,18-19H,17H2,1-7H3;11-16H,1-8H3;9,11-18H,1-7H3;7,9-14H,15H2,1-5H3;7,9-14H,1-2,4-6H3;;;;;/q5*-1;;;;;/i1D3,3D3,5D3,9D,11D,12D,13D,14D,15D,16D,18D,19D;1D3,2D3,6D3,7D3,11D,12D,13D,14D,15D,16D;1D3,3D3,9D,11D,12D,13D,14D,15D,16D,17D,18D;1D3,2D3,3D3,7D,9D,10D,11D,12D,13D,14D;1D3,2D3,7D,9D,10D,11D,12D,13D,14D;;;;;. The van der Waals surface area contributed by atoms with E-state index in [1.165, 1.54) is 27.7 Å². The molecule has 144 heavy (non-hydrogen) atoms. The number of hydrogen-bond acceptors (Lipinski definition) is 5. The summed E-state index contributed by atoms with van der Waals surface area (Å²) in [6, 6.07) is -5.43. The molecule has 4 atom stereocenters. The molecule has 0 bridgehead atoms. The van der Waals surface area contributed by atoms with E-state index in [0.717, 1.165) is 34.6 Å². The van der Waals surface area contributed by atoms with E-state index in [4.69, 9.17) is 137 Å². The number of nitrogens with zero attached hydrogens (tertiary/aromatic N) is 15. The fourth-order valence-electron chi connectivity index (χ4n) is 12.9. The summed E-state index contributed by atoms with van der Waals surface area (Å²) in [5.74, 6) is -14.4. The molecule has 5 aromatic heterocycles. The molecule has 10 aromatic carbocycles. The molecule has 759 valence electrons. The Kier molecular flexibility index (Phi) is 17.3. The number of imidazole rings is 5. The minimum atomic E-state index is -3.33. The Bertz CT molecular complexity index is 11100. The number of hydrogen-bond donors (Lipinski definition) is 0. The molecule has 0 N–H and O–H groups in total. The van der Waals surface area contributed by atoms with Crippen molar-refractivity contribution in [2.24, 2.45) is 10.8 Å². The van der Waals surface area contributed by atoms with E-state index < -0.39 is 560 Å². The van der Waals surface area contributed by atoms with Gasteiger partial charge in [-0.15, -0.1) is 118 Å². The largest absolute Gasteiger partial charge is 0.340 e. The van der Waals surface area contributed by atoms with Crippen molar-refractivity contribution in [1.29, 1.82) is 0 Å². The summed E-state index contributed by atoms with van der Waals surface area (Å²) in [7, 11) is -2.69. The second-order valence-electron chi connectivity index (χ2n) is 35.2. The summed E-state index contributed by atoms with van der Waals surface area (Å²) >= 11 is 0. The summed E-state index contributed by atoms with van der Waals surface area (Å²) in [6.07, 6.45) is -9.75. The fraction of sp³-hybridized carbons (Fsp3) is 0.350. The first kappa shape index (κ1) is 48.9. The second-order valence-corrected chi connectivity index (χ2v) is 40.2. The Balaban J connectivity index is 0.000000417. The Morgan fingerprint density at radius 1 is 0.347 bits per heavy atom. The topological polar surface area (TPSA) is 111 Å². The molecule has 5 heterocycles. The molecule has 4 unspecified atom stereocenters. The van der Waals surface area contributed by atoms with Crippen LogP contribution in [0.3, 0.4) is 0 Å². The van der Waals surface area contributed by atoms with Gasteiger partial charge in [0.15, 0.2) is 0 Å². The molecular formula is C123H138Ir5N15Si-5. The van der Waals surface area contributed by atoms with E-state index >= 15 is 0 Å². The Hall–Kier alpha value is -10.8. The molecule has 0 aliphatic rings. The van der Waals surface area contributed by atoms with Gasteiger partial charge in [-0.05, 0) is 189 Å². The van der Waals surface area contributed by atoms with Crippen LogP contribution in [-0.2, 0) is 130 Å². The Morgan fingerprint density at radius 3 is 0.896 bits per heavy atom. The Labute approximate surface area is 1040 Å². The number of benzene rings is 10. The van der Waals surface area contributed by atoms with Crippen LogP contribution in [0.25, 0.3) is 110 Å². The van der Waals surface area contributed by atoms with Gasteiger partial charge in [-0.25, -0.2) is 0 Å². The minimum absolute atomic E-state index is 0. The average Bonchev–Trinajstić information content (AvgIpc) is 1.37. The maximum atomic E-state index is 9.22. The zero-order valence-corrected chi connectivity index (χ0v) is 92.8. The molecular weight excluding hydrogens is 2680 g/mol. The molecule has 0 saturated heterocycles. The molecule has 5 radical (unpaired) electrons. The van der Waals surface area contributed by atoms with Gasteiger partial charge in [0.1, 0.15) is 28.4 Å². The average molecular weight is 2900 g/mol. The third-order valence-corrected chi connectivity index (χ3v) is 20.9. The van der Waals surface area contributed by atoms with E-state index in [2.05, 4.69) is 79.5 Å². The quantitative estimate of drug-likeness (QED) is 0.0666. The van der Waals surface area contributed by atoms with Crippen LogP contribution in [0.1, 0.15) is 375 Å². The molecule has 0 saturated carbocycles. The van der Waals surface area contributed by atoms with E-state index in [-0.39, 0.29) is 117 Å². The molecule has 0 spiro atoms. The van der Waals surface area contributed by atoms with Crippen LogP contribution in [0.2, 0.25) is 19.6 Å². The zero-order chi connectivity index (χ0) is 170. The van der Waals surface area contributed by atoms with Gasteiger partial charge in [-0.1, -0.05) is 249 Å².